The minimum Gasteiger partial charge on any atom is -0.491 e. The second kappa shape index (κ2) is 12.8. The van der Waals surface area contributed by atoms with Crippen LogP contribution in [0.3, 0.4) is 0 Å². The van der Waals surface area contributed by atoms with Gasteiger partial charge in [0.05, 0.1) is 24.7 Å². The first-order valence-electron chi connectivity index (χ1n) is 11.0. The van der Waals surface area contributed by atoms with Crippen molar-refractivity contribution < 1.29 is 24.8 Å². The van der Waals surface area contributed by atoms with Crippen molar-refractivity contribution in [3.8, 4) is 11.5 Å². The van der Waals surface area contributed by atoms with Gasteiger partial charge in [-0.05, 0) is 41.8 Å². The summed E-state index contributed by atoms with van der Waals surface area (Å²) in [5.41, 5.74) is 8.65. The Balaban J connectivity index is 1.99. The minimum atomic E-state index is -0.835. The second-order valence-corrected chi connectivity index (χ2v) is 9.08. The van der Waals surface area contributed by atoms with Crippen LogP contribution in [0.15, 0.2) is 54.4 Å². The molecule has 0 bridgehead atoms. The van der Waals surface area contributed by atoms with E-state index in [4.69, 9.17) is 37.8 Å². The van der Waals surface area contributed by atoms with Crippen molar-refractivity contribution in [3.63, 3.8) is 0 Å². The summed E-state index contributed by atoms with van der Waals surface area (Å²) >= 11 is 5.63. The first kappa shape index (κ1) is 27.8. The summed E-state index contributed by atoms with van der Waals surface area (Å²) in [6.07, 6.45) is -0.169. The van der Waals surface area contributed by atoms with Gasteiger partial charge in [0.25, 0.3) is 0 Å². The van der Waals surface area contributed by atoms with E-state index in [2.05, 4.69) is 19.9 Å². The van der Waals surface area contributed by atoms with Crippen molar-refractivity contribution in [2.75, 3.05) is 32.2 Å². The van der Waals surface area contributed by atoms with E-state index in [1.54, 1.807) is 0 Å². The highest BCUT2D eigenvalue weighted by Crippen LogP contribution is 2.34. The number of hydrogen-bond donors (Lipinski definition) is 5. The Morgan fingerprint density at radius 1 is 1.06 bits per heavy atom. The summed E-state index contributed by atoms with van der Waals surface area (Å²) in [6.45, 7) is 6.26. The predicted molar refractivity (Wildman–Crippen MR) is 134 cm³/mol. The van der Waals surface area contributed by atoms with Gasteiger partial charge in [-0.3, -0.25) is 0 Å². The summed E-state index contributed by atoms with van der Waals surface area (Å²) in [6, 6.07) is 13.7. The third-order valence-electron chi connectivity index (χ3n) is 5.46. The van der Waals surface area contributed by atoms with Crippen LogP contribution in [0.1, 0.15) is 30.5 Å². The molecule has 9 heteroatoms. The topological polar surface area (TPSA) is 134 Å². The maximum atomic E-state index is 10.1. The number of aryl methyl sites for hydroxylation is 1. The van der Waals surface area contributed by atoms with Crippen LogP contribution in [0.4, 0.5) is 0 Å². The van der Waals surface area contributed by atoms with E-state index in [0.717, 1.165) is 22.4 Å². The highest BCUT2D eigenvalue weighted by atomic mass is 35.5. The lowest BCUT2D eigenvalue weighted by Gasteiger charge is -2.27. The zero-order valence-corrected chi connectivity index (χ0v) is 20.7. The van der Waals surface area contributed by atoms with Crippen molar-refractivity contribution in [3.05, 3.63) is 71.1 Å². The maximum absolute atomic E-state index is 10.1. The SMILES string of the molecule is Cc1cc(C(C)(C)c2ccc(OC[C@H](O)CN(N)/C=C(\N)CO)cc2)ccc1OC[C@@H](O)CCl. The monoisotopic (exact) mass is 493 g/mol. The lowest BCUT2D eigenvalue weighted by atomic mass is 9.77. The highest BCUT2D eigenvalue weighted by Gasteiger charge is 2.24. The van der Waals surface area contributed by atoms with Crippen molar-refractivity contribution in [2.24, 2.45) is 11.6 Å². The molecule has 0 aliphatic carbocycles. The smallest absolute Gasteiger partial charge is 0.122 e. The molecule has 0 radical (unpaired) electrons. The van der Waals surface area contributed by atoms with Gasteiger partial charge in [0.1, 0.15) is 36.9 Å². The molecule has 0 saturated carbocycles. The van der Waals surface area contributed by atoms with E-state index >= 15 is 0 Å². The largest absolute Gasteiger partial charge is 0.491 e. The quantitative estimate of drug-likeness (QED) is 0.162. The van der Waals surface area contributed by atoms with Crippen LogP contribution in [-0.4, -0.2) is 64.8 Å². The second-order valence-electron chi connectivity index (χ2n) is 8.77. The molecule has 34 heavy (non-hydrogen) atoms. The van der Waals surface area contributed by atoms with Crippen LogP contribution >= 0.6 is 11.6 Å². The number of aliphatic hydroxyl groups is 3. The lowest BCUT2D eigenvalue weighted by molar-refractivity contribution is 0.0815. The van der Waals surface area contributed by atoms with Gasteiger partial charge in [0.2, 0.25) is 0 Å². The predicted octanol–water partition coefficient (Wildman–Crippen LogP) is 2.01. The van der Waals surface area contributed by atoms with Crippen LogP contribution in [0.5, 0.6) is 11.5 Å². The average Bonchev–Trinajstić information content (AvgIpc) is 2.81. The molecule has 0 aliphatic heterocycles. The van der Waals surface area contributed by atoms with Crippen LogP contribution in [0.25, 0.3) is 0 Å². The summed E-state index contributed by atoms with van der Waals surface area (Å²) in [7, 11) is 0. The van der Waals surface area contributed by atoms with Gasteiger partial charge in [-0.2, -0.15) is 0 Å². The Kier molecular flexibility index (Phi) is 10.5. The minimum absolute atomic E-state index is 0.0579. The first-order valence-corrected chi connectivity index (χ1v) is 11.6. The third kappa shape index (κ3) is 8.07. The molecule has 7 N–H and O–H groups in total. The fraction of sp³-hybridized carbons (Fsp3) is 0.440. The number of alkyl halides is 1. The fourth-order valence-corrected chi connectivity index (χ4v) is 3.45. The normalized spacial score (nSPS) is 13.9. The van der Waals surface area contributed by atoms with Crippen LogP contribution in [0.2, 0.25) is 0 Å². The molecule has 0 heterocycles. The zero-order valence-electron chi connectivity index (χ0n) is 19.9. The van der Waals surface area contributed by atoms with Crippen molar-refractivity contribution in [1.82, 2.24) is 5.01 Å². The van der Waals surface area contributed by atoms with Gasteiger partial charge in [-0.15, -0.1) is 11.6 Å². The lowest BCUT2D eigenvalue weighted by Crippen LogP contribution is -2.37. The number of nitrogens with two attached hydrogens (primary N) is 2. The molecule has 8 nitrogen and oxygen atoms in total. The molecule has 0 fully saturated rings. The molecule has 0 aromatic heterocycles. The fourth-order valence-electron chi connectivity index (χ4n) is 3.36. The molecule has 0 unspecified atom stereocenters. The Morgan fingerprint density at radius 2 is 1.68 bits per heavy atom. The van der Waals surface area contributed by atoms with Gasteiger partial charge in [-0.25, -0.2) is 5.84 Å². The summed E-state index contributed by atoms with van der Waals surface area (Å²) in [5, 5.41) is 29.9. The Bertz CT molecular complexity index is 937. The summed E-state index contributed by atoms with van der Waals surface area (Å²) in [5.74, 6) is 7.20. The van der Waals surface area contributed by atoms with E-state index in [0.29, 0.717) is 5.75 Å². The van der Waals surface area contributed by atoms with Gasteiger partial charge in [0.15, 0.2) is 0 Å². The number of hydrazine groups is 1. The summed E-state index contributed by atoms with van der Waals surface area (Å²) in [4.78, 5) is 0. The molecule has 2 atom stereocenters. The molecule has 0 amide bonds. The van der Waals surface area contributed by atoms with Crippen molar-refractivity contribution >= 4 is 11.6 Å². The number of rotatable bonds is 13. The molecule has 0 aliphatic rings. The zero-order chi connectivity index (χ0) is 25.3. The highest BCUT2D eigenvalue weighted by molar-refractivity contribution is 6.18. The van der Waals surface area contributed by atoms with Crippen LogP contribution in [-0.2, 0) is 5.41 Å². The Hall–Kier alpha value is -2.49. The molecule has 2 aromatic rings. The Morgan fingerprint density at radius 3 is 2.26 bits per heavy atom. The van der Waals surface area contributed by atoms with Crippen molar-refractivity contribution in [2.45, 2.75) is 38.4 Å². The van der Waals surface area contributed by atoms with Gasteiger partial charge in [-0.1, -0.05) is 38.1 Å². The third-order valence-corrected chi connectivity index (χ3v) is 5.82. The molecule has 188 valence electrons. The Labute approximate surface area is 206 Å². The molecule has 0 saturated heterocycles. The number of benzene rings is 2. The number of nitrogens with zero attached hydrogens (tertiary/aromatic N) is 1. The first-order chi connectivity index (χ1) is 16.1. The van der Waals surface area contributed by atoms with Gasteiger partial charge >= 0.3 is 0 Å². The maximum Gasteiger partial charge on any atom is 0.122 e. The average molecular weight is 494 g/mol. The molecular formula is C25H36ClN3O5. The van der Waals surface area contributed by atoms with Gasteiger partial charge in [0, 0.05) is 11.6 Å². The van der Waals surface area contributed by atoms with Gasteiger partial charge < -0.3 is 35.5 Å². The number of aliphatic hydroxyl groups excluding tert-OH is 3. The number of halogens is 1. The van der Waals surface area contributed by atoms with Crippen molar-refractivity contribution in [1.29, 1.82) is 0 Å². The number of ether oxygens (including phenoxy) is 2. The standard InChI is InChI=1S/C25H36ClN3O5/c1-17-10-19(6-9-24(17)34-15-21(31)11-26)25(2,3)18-4-7-23(8-5-18)33-16-22(32)13-29(28)12-20(27)14-30/h4-10,12,21-22,30-32H,11,13-16,27-28H2,1-3H3/b20-12-/t21-,22+/m0/s1. The molecule has 2 rings (SSSR count). The molecular weight excluding hydrogens is 458 g/mol. The molecule has 2 aromatic carbocycles. The number of hydrogen-bond acceptors (Lipinski definition) is 8. The van der Waals surface area contributed by atoms with Crippen LogP contribution in [0, 0.1) is 6.92 Å². The van der Waals surface area contributed by atoms with E-state index < -0.39 is 12.2 Å². The van der Waals surface area contributed by atoms with Crippen LogP contribution < -0.4 is 21.1 Å². The molecule has 0 spiro atoms. The summed E-state index contributed by atoms with van der Waals surface area (Å²) < 4.78 is 11.4. The van der Waals surface area contributed by atoms with E-state index in [1.807, 2.05) is 43.3 Å². The van der Waals surface area contributed by atoms with E-state index in [9.17, 15) is 10.2 Å². The van der Waals surface area contributed by atoms with E-state index in [1.165, 1.54) is 11.2 Å². The van der Waals surface area contributed by atoms with E-state index in [-0.39, 0.29) is 43.4 Å².